The lowest BCUT2D eigenvalue weighted by atomic mass is 9.93. The second-order valence-electron chi connectivity index (χ2n) is 6.85. The Bertz CT molecular complexity index is 976. The minimum Gasteiger partial charge on any atom is -0.384 e. The molecule has 1 fully saturated rings. The van der Waals surface area contributed by atoms with E-state index in [0.717, 1.165) is 48.6 Å². The van der Waals surface area contributed by atoms with E-state index in [-0.39, 0.29) is 0 Å². The van der Waals surface area contributed by atoms with Crippen molar-refractivity contribution in [2.75, 3.05) is 23.7 Å². The molecule has 1 saturated heterocycles. The number of hydrogen-bond donors (Lipinski definition) is 1. The molecule has 4 rings (SSSR count). The third-order valence-electron chi connectivity index (χ3n) is 5.18. The molecule has 0 atom stereocenters. The van der Waals surface area contributed by atoms with Crippen LogP contribution in [0.4, 0.5) is 11.5 Å². The number of nitrogen functional groups attached to an aromatic ring is 1. The van der Waals surface area contributed by atoms with Crippen LogP contribution >= 0.6 is 0 Å². The molecule has 7 heteroatoms. The Balaban J connectivity index is 1.65. The number of nitriles is 1. The summed E-state index contributed by atoms with van der Waals surface area (Å²) in [5.74, 6) is 1.91. The quantitative estimate of drug-likeness (QED) is 0.772. The summed E-state index contributed by atoms with van der Waals surface area (Å²) >= 11 is 0. The second kappa shape index (κ2) is 7.08. The summed E-state index contributed by atoms with van der Waals surface area (Å²) in [6.07, 6.45) is 5.47. The molecule has 0 amide bonds. The first-order valence-corrected chi connectivity index (χ1v) is 9.01. The van der Waals surface area contributed by atoms with Crippen molar-refractivity contribution >= 4 is 11.5 Å². The van der Waals surface area contributed by atoms with Gasteiger partial charge in [0, 0.05) is 43.4 Å². The SMILES string of the molecule is Cn1cnnc1C1CCN(c2c(C#N)cccc2-c2ccc(N)nc2)CC1. The summed E-state index contributed by atoms with van der Waals surface area (Å²) in [6, 6.07) is 11.9. The van der Waals surface area contributed by atoms with Crippen LogP contribution in [0.1, 0.15) is 30.1 Å². The van der Waals surface area contributed by atoms with Crippen molar-refractivity contribution in [2.24, 2.45) is 7.05 Å². The van der Waals surface area contributed by atoms with Gasteiger partial charge in [-0.15, -0.1) is 10.2 Å². The second-order valence-corrected chi connectivity index (χ2v) is 6.85. The molecule has 3 aromatic rings. The Morgan fingerprint density at radius 2 is 2.00 bits per heavy atom. The predicted octanol–water partition coefficient (Wildman–Crippen LogP) is 2.71. The summed E-state index contributed by atoms with van der Waals surface area (Å²) < 4.78 is 2.00. The molecule has 0 aliphatic carbocycles. The number of aromatic nitrogens is 4. The first-order chi connectivity index (χ1) is 13.2. The van der Waals surface area contributed by atoms with Gasteiger partial charge >= 0.3 is 0 Å². The van der Waals surface area contributed by atoms with Crippen LogP contribution in [-0.2, 0) is 7.05 Å². The molecule has 7 nitrogen and oxygen atoms in total. The van der Waals surface area contributed by atoms with Crippen molar-refractivity contribution in [3.05, 3.63) is 54.2 Å². The number of rotatable bonds is 3. The number of pyridine rings is 1. The smallest absolute Gasteiger partial charge is 0.135 e. The Labute approximate surface area is 158 Å². The highest BCUT2D eigenvalue weighted by molar-refractivity contribution is 5.83. The summed E-state index contributed by atoms with van der Waals surface area (Å²) in [6.45, 7) is 1.73. The van der Waals surface area contributed by atoms with Crippen LogP contribution in [0.2, 0.25) is 0 Å². The monoisotopic (exact) mass is 359 g/mol. The molecule has 0 bridgehead atoms. The lowest BCUT2D eigenvalue weighted by Crippen LogP contribution is -2.34. The molecule has 1 aliphatic heterocycles. The van der Waals surface area contributed by atoms with Gasteiger partial charge in [0.1, 0.15) is 24.0 Å². The third-order valence-corrected chi connectivity index (χ3v) is 5.18. The summed E-state index contributed by atoms with van der Waals surface area (Å²) in [4.78, 5) is 6.51. The minimum atomic E-state index is 0.393. The molecular weight excluding hydrogens is 338 g/mol. The average Bonchev–Trinajstić information content (AvgIpc) is 3.14. The maximum absolute atomic E-state index is 9.67. The highest BCUT2D eigenvalue weighted by atomic mass is 15.3. The maximum atomic E-state index is 9.67. The van der Waals surface area contributed by atoms with E-state index in [1.165, 1.54) is 0 Å². The highest BCUT2D eigenvalue weighted by Crippen LogP contribution is 2.37. The molecule has 0 unspecified atom stereocenters. The fourth-order valence-corrected chi connectivity index (χ4v) is 3.80. The maximum Gasteiger partial charge on any atom is 0.135 e. The first kappa shape index (κ1) is 17.0. The predicted molar refractivity (Wildman–Crippen MR) is 104 cm³/mol. The van der Waals surface area contributed by atoms with Gasteiger partial charge in [-0.25, -0.2) is 4.98 Å². The van der Waals surface area contributed by atoms with E-state index in [2.05, 4.69) is 26.2 Å². The molecule has 2 aromatic heterocycles. The number of nitrogens with zero attached hydrogens (tertiary/aromatic N) is 6. The fraction of sp³-hybridized carbons (Fsp3) is 0.300. The van der Waals surface area contributed by atoms with E-state index in [9.17, 15) is 5.26 Å². The Hall–Kier alpha value is -3.40. The zero-order chi connectivity index (χ0) is 18.8. The lowest BCUT2D eigenvalue weighted by molar-refractivity contribution is 0.474. The largest absolute Gasteiger partial charge is 0.384 e. The zero-order valence-electron chi connectivity index (χ0n) is 15.2. The van der Waals surface area contributed by atoms with Gasteiger partial charge in [-0.2, -0.15) is 5.26 Å². The van der Waals surface area contributed by atoms with E-state index in [0.29, 0.717) is 17.3 Å². The molecular formula is C20H21N7. The van der Waals surface area contributed by atoms with Crippen LogP contribution in [0.25, 0.3) is 11.1 Å². The standard InChI is InChI=1S/C20H21N7/c1-26-13-24-25-20(26)14-7-9-27(10-8-14)19-15(11-21)3-2-4-17(19)16-5-6-18(22)23-12-16/h2-6,12-14H,7-10H2,1H3,(H2,22,23). The van der Waals surface area contributed by atoms with E-state index < -0.39 is 0 Å². The van der Waals surface area contributed by atoms with Gasteiger partial charge in [-0.05, 0) is 31.0 Å². The van der Waals surface area contributed by atoms with Crippen molar-refractivity contribution in [1.29, 1.82) is 5.26 Å². The van der Waals surface area contributed by atoms with Crippen molar-refractivity contribution in [3.63, 3.8) is 0 Å². The number of nitrogens with two attached hydrogens (primary N) is 1. The Morgan fingerprint density at radius 3 is 2.63 bits per heavy atom. The van der Waals surface area contributed by atoms with Crippen LogP contribution in [0.5, 0.6) is 0 Å². The number of piperidine rings is 1. The Morgan fingerprint density at radius 1 is 1.19 bits per heavy atom. The van der Waals surface area contributed by atoms with Gasteiger partial charge in [0.2, 0.25) is 0 Å². The summed E-state index contributed by atoms with van der Waals surface area (Å²) in [5, 5.41) is 17.9. The van der Waals surface area contributed by atoms with Gasteiger partial charge < -0.3 is 15.2 Å². The molecule has 27 heavy (non-hydrogen) atoms. The van der Waals surface area contributed by atoms with Crippen LogP contribution in [0.3, 0.4) is 0 Å². The molecule has 2 N–H and O–H groups in total. The summed E-state index contributed by atoms with van der Waals surface area (Å²) in [5.41, 5.74) is 9.36. The van der Waals surface area contributed by atoms with Crippen molar-refractivity contribution < 1.29 is 0 Å². The molecule has 1 aromatic carbocycles. The topological polar surface area (TPSA) is 96.7 Å². The van der Waals surface area contributed by atoms with E-state index in [1.54, 1.807) is 18.6 Å². The summed E-state index contributed by atoms with van der Waals surface area (Å²) in [7, 11) is 1.99. The molecule has 0 radical (unpaired) electrons. The van der Waals surface area contributed by atoms with Crippen LogP contribution < -0.4 is 10.6 Å². The van der Waals surface area contributed by atoms with Crippen LogP contribution in [0.15, 0.2) is 42.9 Å². The van der Waals surface area contributed by atoms with Gasteiger partial charge in [0.25, 0.3) is 0 Å². The average molecular weight is 359 g/mol. The van der Waals surface area contributed by atoms with Crippen LogP contribution in [0, 0.1) is 11.3 Å². The van der Waals surface area contributed by atoms with Gasteiger partial charge in [0.05, 0.1) is 11.3 Å². The number of aryl methyl sites for hydroxylation is 1. The normalized spacial score (nSPS) is 14.9. The number of benzene rings is 1. The molecule has 0 saturated carbocycles. The Kier molecular flexibility index (Phi) is 4.47. The first-order valence-electron chi connectivity index (χ1n) is 9.01. The van der Waals surface area contributed by atoms with Crippen LogP contribution in [-0.4, -0.2) is 32.8 Å². The number of para-hydroxylation sites is 1. The third kappa shape index (κ3) is 3.22. The van der Waals surface area contributed by atoms with Crippen molar-refractivity contribution in [2.45, 2.75) is 18.8 Å². The molecule has 3 heterocycles. The molecule has 0 spiro atoms. The van der Waals surface area contributed by atoms with Crippen molar-refractivity contribution in [3.8, 4) is 17.2 Å². The molecule has 1 aliphatic rings. The van der Waals surface area contributed by atoms with E-state index >= 15 is 0 Å². The van der Waals surface area contributed by atoms with Gasteiger partial charge in [-0.1, -0.05) is 12.1 Å². The van der Waals surface area contributed by atoms with Gasteiger partial charge in [0.15, 0.2) is 0 Å². The number of anilines is 2. The fourth-order valence-electron chi connectivity index (χ4n) is 3.80. The molecule has 136 valence electrons. The van der Waals surface area contributed by atoms with Gasteiger partial charge in [-0.3, -0.25) is 0 Å². The van der Waals surface area contributed by atoms with Crippen molar-refractivity contribution in [1.82, 2.24) is 19.7 Å². The minimum absolute atomic E-state index is 0.393. The van der Waals surface area contributed by atoms with E-state index in [4.69, 9.17) is 5.73 Å². The zero-order valence-corrected chi connectivity index (χ0v) is 15.2. The highest BCUT2D eigenvalue weighted by Gasteiger charge is 2.26. The lowest BCUT2D eigenvalue weighted by Gasteiger charge is -2.35. The number of hydrogen-bond acceptors (Lipinski definition) is 6. The van der Waals surface area contributed by atoms with E-state index in [1.807, 2.05) is 35.9 Å².